The zero-order valence-corrected chi connectivity index (χ0v) is 23.0. The first kappa shape index (κ1) is 24.6. The molecule has 0 radical (unpaired) electrons. The first-order chi connectivity index (χ1) is 16.1. The number of Topliss-reactive ketones (excluding diaryl/α,β-unsaturated/α-hetero) is 1. The van der Waals surface area contributed by atoms with Crippen molar-refractivity contribution in [2.75, 3.05) is 0 Å². The van der Waals surface area contributed by atoms with Crippen molar-refractivity contribution in [1.29, 1.82) is 0 Å². The maximum absolute atomic E-state index is 13.2. The van der Waals surface area contributed by atoms with Crippen LogP contribution in [0.3, 0.4) is 0 Å². The van der Waals surface area contributed by atoms with Crippen LogP contribution in [0, 0.1) is 50.7 Å². The van der Waals surface area contributed by atoms with E-state index in [4.69, 9.17) is 9.78 Å². The van der Waals surface area contributed by atoms with Gasteiger partial charge in [0.05, 0.1) is 17.6 Å². The standard InChI is InChI=1S/C30H46O5/c1-16-9-10-26(5)11-12-27(6)18(23(26)17(16)2)13-19(31)24-28(27,7)21(33)15-30-25(3,4)20(32)14-22(34-35-30)29(24,30)8/h13,16-17,19,21-24,31,33H,9-12,14-15H2,1-8H3. The van der Waals surface area contributed by atoms with Crippen LogP contribution >= 0.6 is 0 Å². The zero-order valence-electron chi connectivity index (χ0n) is 23.0. The second kappa shape index (κ2) is 6.81. The molecule has 196 valence electrons. The van der Waals surface area contributed by atoms with E-state index in [0.717, 1.165) is 12.8 Å². The van der Waals surface area contributed by atoms with Crippen molar-refractivity contribution in [3.8, 4) is 0 Å². The molecule has 1 aliphatic heterocycles. The van der Waals surface area contributed by atoms with E-state index >= 15 is 0 Å². The van der Waals surface area contributed by atoms with E-state index in [1.165, 1.54) is 18.4 Å². The van der Waals surface area contributed by atoms with E-state index in [1.807, 2.05) is 13.8 Å². The van der Waals surface area contributed by atoms with Crippen LogP contribution in [0.2, 0.25) is 0 Å². The minimum absolute atomic E-state index is 0.125. The Bertz CT molecular complexity index is 1000. The first-order valence-electron chi connectivity index (χ1n) is 14.1. The Hall–Kier alpha value is -0.750. The van der Waals surface area contributed by atoms with Gasteiger partial charge in [-0.25, -0.2) is 9.78 Å². The fourth-order valence-electron chi connectivity index (χ4n) is 11.0. The van der Waals surface area contributed by atoms with Crippen molar-refractivity contribution >= 4 is 5.78 Å². The largest absolute Gasteiger partial charge is 0.392 e. The second-order valence-electron chi connectivity index (χ2n) is 15.0. The predicted molar refractivity (Wildman–Crippen MR) is 133 cm³/mol. The fraction of sp³-hybridized carbons (Fsp3) is 0.900. The highest BCUT2D eigenvalue weighted by atomic mass is 17.2. The van der Waals surface area contributed by atoms with Crippen molar-refractivity contribution in [2.45, 2.75) is 118 Å². The minimum Gasteiger partial charge on any atom is -0.392 e. The number of hydrogen-bond donors (Lipinski definition) is 2. The number of allylic oxidation sites excluding steroid dienone is 1. The lowest BCUT2D eigenvalue weighted by Crippen LogP contribution is -2.78. The number of carbonyl (C=O) groups is 1. The van der Waals surface area contributed by atoms with Crippen molar-refractivity contribution in [1.82, 2.24) is 0 Å². The van der Waals surface area contributed by atoms with E-state index in [1.54, 1.807) is 0 Å². The number of ketones is 1. The molecule has 5 fully saturated rings. The molecule has 5 nitrogen and oxygen atoms in total. The molecule has 4 saturated carbocycles. The molecule has 5 aliphatic carbocycles. The third-order valence-electron chi connectivity index (χ3n) is 13.8. The van der Waals surface area contributed by atoms with Crippen molar-refractivity contribution in [3.05, 3.63) is 11.6 Å². The van der Waals surface area contributed by atoms with Crippen LogP contribution in [0.4, 0.5) is 0 Å². The Morgan fingerprint density at radius 3 is 2.34 bits per heavy atom. The molecule has 0 aromatic heterocycles. The van der Waals surface area contributed by atoms with Gasteiger partial charge in [0.1, 0.15) is 17.5 Å². The van der Waals surface area contributed by atoms with Crippen LogP contribution in [-0.4, -0.2) is 39.9 Å². The molecule has 6 aliphatic rings. The maximum Gasteiger partial charge on any atom is 0.144 e. The highest BCUT2D eigenvalue weighted by Crippen LogP contribution is 2.78. The Morgan fingerprint density at radius 1 is 0.971 bits per heavy atom. The summed E-state index contributed by atoms with van der Waals surface area (Å²) >= 11 is 0. The lowest BCUT2D eigenvalue weighted by Gasteiger charge is -2.73. The summed E-state index contributed by atoms with van der Waals surface area (Å²) in [6.07, 6.45) is 5.68. The van der Waals surface area contributed by atoms with Gasteiger partial charge in [-0.05, 0) is 68.1 Å². The van der Waals surface area contributed by atoms with Gasteiger partial charge in [-0.3, -0.25) is 4.79 Å². The number of hydrogen-bond acceptors (Lipinski definition) is 5. The SMILES string of the molecule is CC1CCC2(C)CCC3(C)C(=CC(O)C4C3(C)C(O)CC35OOC(CC(=O)C3(C)C)C45C)C2C1C. The average molecular weight is 487 g/mol. The summed E-state index contributed by atoms with van der Waals surface area (Å²) in [6.45, 7) is 17.9. The predicted octanol–water partition coefficient (Wildman–Crippen LogP) is 5.24. The summed E-state index contributed by atoms with van der Waals surface area (Å²) in [7, 11) is 0. The Labute approximate surface area is 211 Å². The smallest absolute Gasteiger partial charge is 0.144 e. The van der Waals surface area contributed by atoms with Gasteiger partial charge < -0.3 is 10.2 Å². The van der Waals surface area contributed by atoms with E-state index in [2.05, 4.69) is 47.6 Å². The van der Waals surface area contributed by atoms with E-state index < -0.39 is 40.2 Å². The van der Waals surface area contributed by atoms with Gasteiger partial charge in [0.25, 0.3) is 0 Å². The number of aliphatic hydroxyl groups is 2. The van der Waals surface area contributed by atoms with Gasteiger partial charge >= 0.3 is 0 Å². The van der Waals surface area contributed by atoms with Crippen molar-refractivity contribution in [2.24, 2.45) is 50.7 Å². The highest BCUT2D eigenvalue weighted by Gasteiger charge is 2.83. The molecule has 0 amide bonds. The summed E-state index contributed by atoms with van der Waals surface area (Å²) < 4.78 is 0. The number of aliphatic hydroxyl groups excluding tert-OH is 2. The Kier molecular flexibility index (Phi) is 4.78. The van der Waals surface area contributed by atoms with Gasteiger partial charge in [0.2, 0.25) is 0 Å². The van der Waals surface area contributed by atoms with Gasteiger partial charge in [-0.1, -0.05) is 53.2 Å². The maximum atomic E-state index is 13.2. The molecule has 12 unspecified atom stereocenters. The van der Waals surface area contributed by atoms with E-state index in [0.29, 0.717) is 30.6 Å². The summed E-state index contributed by atoms with van der Waals surface area (Å²) in [4.78, 5) is 25.3. The van der Waals surface area contributed by atoms with Crippen molar-refractivity contribution in [3.63, 3.8) is 0 Å². The van der Waals surface area contributed by atoms with Crippen LogP contribution in [0.5, 0.6) is 0 Å². The molecule has 2 bridgehead atoms. The third-order valence-corrected chi connectivity index (χ3v) is 13.8. The summed E-state index contributed by atoms with van der Waals surface area (Å²) in [5, 5.41) is 24.2. The molecule has 0 aromatic rings. The normalized spacial score (nSPS) is 60.7. The molecule has 1 saturated heterocycles. The van der Waals surface area contributed by atoms with Crippen LogP contribution in [0.1, 0.15) is 93.9 Å². The monoisotopic (exact) mass is 486 g/mol. The van der Waals surface area contributed by atoms with Gasteiger partial charge in [-0.15, -0.1) is 0 Å². The van der Waals surface area contributed by atoms with E-state index in [-0.39, 0.29) is 22.5 Å². The van der Waals surface area contributed by atoms with Gasteiger partial charge in [0, 0.05) is 29.6 Å². The number of rotatable bonds is 0. The van der Waals surface area contributed by atoms with Crippen LogP contribution in [-0.2, 0) is 14.6 Å². The highest BCUT2D eigenvalue weighted by molar-refractivity contribution is 5.88. The molecule has 0 spiro atoms. The minimum atomic E-state index is -0.956. The fourth-order valence-corrected chi connectivity index (χ4v) is 11.0. The van der Waals surface area contributed by atoms with Gasteiger partial charge in [-0.2, -0.15) is 0 Å². The molecule has 6 rings (SSSR count). The average Bonchev–Trinajstić information content (AvgIpc) is 3.00. The molecule has 5 heteroatoms. The van der Waals surface area contributed by atoms with E-state index in [9.17, 15) is 15.0 Å². The molecule has 2 N–H and O–H groups in total. The lowest BCUT2D eigenvalue weighted by molar-refractivity contribution is -0.358. The number of fused-ring (bicyclic) bond motifs is 5. The summed E-state index contributed by atoms with van der Waals surface area (Å²) in [6, 6.07) is 0. The summed E-state index contributed by atoms with van der Waals surface area (Å²) in [5.74, 6) is 1.47. The molecule has 0 aromatic carbocycles. The van der Waals surface area contributed by atoms with Crippen LogP contribution in [0.15, 0.2) is 11.6 Å². The molecule has 12 atom stereocenters. The first-order valence-corrected chi connectivity index (χ1v) is 14.1. The zero-order chi connectivity index (χ0) is 25.6. The molecular formula is C30H46O5. The quantitative estimate of drug-likeness (QED) is 0.362. The molecule has 1 heterocycles. The van der Waals surface area contributed by atoms with Gasteiger partial charge in [0.15, 0.2) is 0 Å². The third kappa shape index (κ3) is 2.40. The molecule has 35 heavy (non-hydrogen) atoms. The Morgan fingerprint density at radius 2 is 1.66 bits per heavy atom. The summed E-state index contributed by atoms with van der Waals surface area (Å²) in [5.41, 5.74) is -1.51. The second-order valence-corrected chi connectivity index (χ2v) is 15.0. The lowest BCUT2D eigenvalue weighted by atomic mass is 9.31. The molecular weight excluding hydrogens is 440 g/mol. The van der Waals surface area contributed by atoms with Crippen LogP contribution < -0.4 is 0 Å². The van der Waals surface area contributed by atoms with Crippen molar-refractivity contribution < 1.29 is 24.8 Å². The number of carbonyl (C=O) groups excluding carboxylic acids is 1. The topological polar surface area (TPSA) is 76.0 Å². The Balaban J connectivity index is 1.56. The van der Waals surface area contributed by atoms with Crippen LogP contribution in [0.25, 0.3) is 0 Å².